The Morgan fingerprint density at radius 2 is 1.67 bits per heavy atom. The Labute approximate surface area is 97.9 Å². The Balaban J connectivity index is 2.49. The summed E-state index contributed by atoms with van der Waals surface area (Å²) in [6.07, 6.45) is 0. The Morgan fingerprint density at radius 1 is 1.00 bits per heavy atom. The van der Waals surface area contributed by atoms with E-state index in [1.54, 1.807) is 6.07 Å². The van der Waals surface area contributed by atoms with Gasteiger partial charge in [-0.25, -0.2) is 0 Å². The fourth-order valence-electron chi connectivity index (χ4n) is 1.35. The molecule has 0 aliphatic heterocycles. The number of halogens is 2. The predicted molar refractivity (Wildman–Crippen MR) is 62.2 cm³/mol. The summed E-state index contributed by atoms with van der Waals surface area (Å²) in [6, 6.07) is 9.26. The normalized spacial score (nSPS) is 10.3. The van der Waals surface area contributed by atoms with E-state index in [1.165, 1.54) is 0 Å². The van der Waals surface area contributed by atoms with Gasteiger partial charge >= 0.3 is 0 Å². The summed E-state index contributed by atoms with van der Waals surface area (Å²) in [5, 5.41) is 8.99. The van der Waals surface area contributed by atoms with Gasteiger partial charge in [-0.3, -0.25) is 0 Å². The van der Waals surface area contributed by atoms with Gasteiger partial charge in [0, 0.05) is 10.6 Å². The number of aromatic nitrogens is 2. The summed E-state index contributed by atoms with van der Waals surface area (Å²) in [4.78, 5) is 0. The highest BCUT2D eigenvalue weighted by molar-refractivity contribution is 6.30. The zero-order chi connectivity index (χ0) is 10.8. The third-order valence-electron chi connectivity index (χ3n) is 2.07. The second-order valence-corrected chi connectivity index (χ2v) is 4.03. The van der Waals surface area contributed by atoms with Gasteiger partial charge in [0.15, 0.2) is 5.15 Å². The van der Waals surface area contributed by atoms with E-state index in [9.17, 15) is 0 Å². The van der Waals surface area contributed by atoms with Crippen LogP contribution < -0.4 is 0 Å². The summed E-state index contributed by atoms with van der Waals surface area (Å²) in [6.45, 7) is 1.95. The summed E-state index contributed by atoms with van der Waals surface area (Å²) < 4.78 is 0. The largest absolute Gasteiger partial charge is 0.152 e. The Hall–Kier alpha value is -1.12. The second-order valence-electron chi connectivity index (χ2n) is 3.21. The van der Waals surface area contributed by atoms with Crippen LogP contribution in [0.1, 0.15) is 5.56 Å². The highest BCUT2D eigenvalue weighted by atomic mass is 35.5. The Bertz CT molecular complexity index is 480. The zero-order valence-electron chi connectivity index (χ0n) is 8.04. The smallest absolute Gasteiger partial charge is 0.149 e. The summed E-state index contributed by atoms with van der Waals surface area (Å²) in [7, 11) is 0. The van der Waals surface area contributed by atoms with Crippen molar-refractivity contribution in [1.82, 2.24) is 10.2 Å². The van der Waals surface area contributed by atoms with Crippen LogP contribution in [0.2, 0.25) is 10.2 Å². The molecule has 2 nitrogen and oxygen atoms in total. The molecule has 4 heteroatoms. The SMILES string of the molecule is Cc1cc(Cl)nnc1-c1ccc(Cl)cc1. The van der Waals surface area contributed by atoms with Crippen LogP contribution >= 0.6 is 23.2 Å². The standard InChI is InChI=1S/C11H8Cl2N2/c1-7-6-10(13)14-15-11(7)8-2-4-9(12)5-3-8/h2-6H,1H3. The van der Waals surface area contributed by atoms with Gasteiger partial charge in [-0.15, -0.1) is 10.2 Å². The third kappa shape index (κ3) is 2.28. The first kappa shape index (κ1) is 10.4. The van der Waals surface area contributed by atoms with Crippen molar-refractivity contribution < 1.29 is 0 Å². The molecule has 2 aromatic rings. The fraction of sp³-hybridized carbons (Fsp3) is 0.0909. The molecule has 0 bridgehead atoms. The molecule has 1 aromatic carbocycles. The molecule has 0 spiro atoms. The quantitative estimate of drug-likeness (QED) is 0.757. The Morgan fingerprint density at radius 3 is 2.27 bits per heavy atom. The molecule has 0 radical (unpaired) electrons. The number of hydrogen-bond acceptors (Lipinski definition) is 2. The van der Waals surface area contributed by atoms with E-state index in [2.05, 4.69) is 10.2 Å². The van der Waals surface area contributed by atoms with Crippen molar-refractivity contribution in [2.45, 2.75) is 6.92 Å². The van der Waals surface area contributed by atoms with Gasteiger partial charge in [0.2, 0.25) is 0 Å². The molecule has 15 heavy (non-hydrogen) atoms. The van der Waals surface area contributed by atoms with Crippen LogP contribution in [-0.2, 0) is 0 Å². The number of aryl methyl sites for hydroxylation is 1. The van der Waals surface area contributed by atoms with Crippen molar-refractivity contribution in [3.05, 3.63) is 46.1 Å². The predicted octanol–water partition coefficient (Wildman–Crippen LogP) is 3.76. The van der Waals surface area contributed by atoms with E-state index in [0.29, 0.717) is 10.2 Å². The second kappa shape index (κ2) is 4.17. The molecule has 0 fully saturated rings. The highest BCUT2D eigenvalue weighted by Gasteiger charge is 2.04. The van der Waals surface area contributed by atoms with E-state index in [1.807, 2.05) is 31.2 Å². The van der Waals surface area contributed by atoms with E-state index in [-0.39, 0.29) is 0 Å². The van der Waals surface area contributed by atoms with E-state index in [4.69, 9.17) is 23.2 Å². The van der Waals surface area contributed by atoms with Gasteiger partial charge in [-0.2, -0.15) is 0 Å². The van der Waals surface area contributed by atoms with Gasteiger partial charge < -0.3 is 0 Å². The van der Waals surface area contributed by atoms with Crippen LogP contribution in [-0.4, -0.2) is 10.2 Å². The topological polar surface area (TPSA) is 25.8 Å². The highest BCUT2D eigenvalue weighted by Crippen LogP contribution is 2.23. The molecule has 1 aromatic heterocycles. The molecule has 0 aliphatic rings. The average Bonchev–Trinajstić information content (AvgIpc) is 2.20. The van der Waals surface area contributed by atoms with Crippen molar-refractivity contribution in [3.8, 4) is 11.3 Å². The van der Waals surface area contributed by atoms with Crippen molar-refractivity contribution in [1.29, 1.82) is 0 Å². The third-order valence-corrected chi connectivity index (χ3v) is 2.51. The molecule has 0 saturated heterocycles. The fourth-order valence-corrected chi connectivity index (χ4v) is 1.67. The molecular weight excluding hydrogens is 231 g/mol. The van der Waals surface area contributed by atoms with Crippen molar-refractivity contribution in [2.75, 3.05) is 0 Å². The number of benzene rings is 1. The number of nitrogens with zero attached hydrogens (tertiary/aromatic N) is 2. The minimum Gasteiger partial charge on any atom is -0.149 e. The maximum absolute atomic E-state index is 5.81. The van der Waals surface area contributed by atoms with Crippen LogP contribution in [0.5, 0.6) is 0 Å². The molecule has 0 saturated carbocycles. The van der Waals surface area contributed by atoms with Crippen molar-refractivity contribution in [3.63, 3.8) is 0 Å². The lowest BCUT2D eigenvalue weighted by molar-refractivity contribution is 1.02. The van der Waals surface area contributed by atoms with Gasteiger partial charge in [0.1, 0.15) is 0 Å². The van der Waals surface area contributed by atoms with Gasteiger partial charge in [-0.1, -0.05) is 35.3 Å². The van der Waals surface area contributed by atoms with Crippen molar-refractivity contribution >= 4 is 23.2 Å². The summed E-state index contributed by atoms with van der Waals surface area (Å²) in [5.41, 5.74) is 2.81. The van der Waals surface area contributed by atoms with E-state index in [0.717, 1.165) is 16.8 Å². The first-order valence-electron chi connectivity index (χ1n) is 4.42. The molecule has 0 unspecified atom stereocenters. The summed E-state index contributed by atoms with van der Waals surface area (Å²) >= 11 is 11.5. The van der Waals surface area contributed by atoms with Gasteiger partial charge in [-0.05, 0) is 30.7 Å². The molecule has 1 heterocycles. The lowest BCUT2D eigenvalue weighted by atomic mass is 10.1. The van der Waals surface area contributed by atoms with E-state index < -0.39 is 0 Å². The van der Waals surface area contributed by atoms with Crippen LogP contribution in [0.4, 0.5) is 0 Å². The van der Waals surface area contributed by atoms with Gasteiger partial charge in [0.05, 0.1) is 5.69 Å². The average molecular weight is 239 g/mol. The minimum atomic E-state index is 0.408. The first-order chi connectivity index (χ1) is 7.16. The number of hydrogen-bond donors (Lipinski definition) is 0. The molecule has 76 valence electrons. The van der Waals surface area contributed by atoms with Crippen LogP contribution in [0.3, 0.4) is 0 Å². The lowest BCUT2D eigenvalue weighted by Gasteiger charge is -2.03. The van der Waals surface area contributed by atoms with Gasteiger partial charge in [0.25, 0.3) is 0 Å². The molecule has 0 N–H and O–H groups in total. The molecule has 2 rings (SSSR count). The summed E-state index contributed by atoms with van der Waals surface area (Å²) in [5.74, 6) is 0. The Kier molecular flexibility index (Phi) is 2.89. The zero-order valence-corrected chi connectivity index (χ0v) is 9.55. The maximum Gasteiger partial charge on any atom is 0.152 e. The lowest BCUT2D eigenvalue weighted by Crippen LogP contribution is -1.91. The molecule has 0 atom stereocenters. The number of rotatable bonds is 1. The van der Waals surface area contributed by atoms with Crippen LogP contribution in [0, 0.1) is 6.92 Å². The van der Waals surface area contributed by atoms with Crippen LogP contribution in [0.15, 0.2) is 30.3 Å². The van der Waals surface area contributed by atoms with Crippen molar-refractivity contribution in [2.24, 2.45) is 0 Å². The molecule has 0 amide bonds. The van der Waals surface area contributed by atoms with E-state index >= 15 is 0 Å². The van der Waals surface area contributed by atoms with Crippen LogP contribution in [0.25, 0.3) is 11.3 Å². The minimum absolute atomic E-state index is 0.408. The molecule has 0 aliphatic carbocycles. The monoisotopic (exact) mass is 238 g/mol. The first-order valence-corrected chi connectivity index (χ1v) is 5.18. The maximum atomic E-state index is 5.81. The molecular formula is C11H8Cl2N2.